The Labute approximate surface area is 120 Å². The van der Waals surface area contributed by atoms with Crippen LogP contribution in [-0.2, 0) is 11.3 Å². The van der Waals surface area contributed by atoms with Crippen LogP contribution in [0.5, 0.6) is 0 Å². The largest absolute Gasteiger partial charge is 0.377 e. The molecular formula is C15H25N3O2. The summed E-state index contributed by atoms with van der Waals surface area (Å²) in [6, 6.07) is 0. The fraction of sp³-hybridized carbons (Fsp3) is 0.733. The van der Waals surface area contributed by atoms with Gasteiger partial charge in [0.2, 0.25) is 0 Å². The zero-order valence-electron chi connectivity index (χ0n) is 12.8. The van der Waals surface area contributed by atoms with Crippen molar-refractivity contribution in [3.8, 4) is 0 Å². The van der Waals surface area contributed by atoms with E-state index in [1.165, 1.54) is 0 Å². The molecular weight excluding hydrogens is 254 g/mol. The summed E-state index contributed by atoms with van der Waals surface area (Å²) in [6.45, 7) is 10.7. The van der Waals surface area contributed by atoms with Crippen LogP contribution < -0.4 is 10.9 Å². The Balaban J connectivity index is 2.04. The Kier molecular flexibility index (Phi) is 4.48. The summed E-state index contributed by atoms with van der Waals surface area (Å²) in [5.41, 5.74) is 0.0672. The molecule has 1 aromatic heterocycles. The van der Waals surface area contributed by atoms with Gasteiger partial charge >= 0.3 is 0 Å². The topological polar surface area (TPSA) is 56.1 Å². The van der Waals surface area contributed by atoms with Crippen molar-refractivity contribution in [3.05, 3.63) is 22.7 Å². The molecule has 5 heteroatoms. The van der Waals surface area contributed by atoms with Crippen LogP contribution in [0, 0.1) is 11.3 Å². The van der Waals surface area contributed by atoms with Gasteiger partial charge in [-0.05, 0) is 18.8 Å². The summed E-state index contributed by atoms with van der Waals surface area (Å²) >= 11 is 0. The molecule has 1 aliphatic heterocycles. The van der Waals surface area contributed by atoms with E-state index in [9.17, 15) is 4.79 Å². The molecule has 20 heavy (non-hydrogen) atoms. The van der Waals surface area contributed by atoms with Crippen LogP contribution in [0.2, 0.25) is 0 Å². The molecule has 2 atom stereocenters. The maximum absolute atomic E-state index is 12.1. The maximum atomic E-state index is 12.1. The highest BCUT2D eigenvalue weighted by Gasteiger charge is 2.37. The molecule has 0 bridgehead atoms. The van der Waals surface area contributed by atoms with Gasteiger partial charge in [-0.25, -0.2) is 4.98 Å². The standard InChI is InChI=1S/C15H25N3O2/c1-5-18-8-7-16-13(14(18)19)17-10-11-6-9-20-12(11)15(2,3)4/h7-8,11-12H,5-6,9-10H2,1-4H3,(H,16,17)/t11-,12+/m1/s1. The van der Waals surface area contributed by atoms with Gasteiger partial charge in [-0.15, -0.1) is 0 Å². The van der Waals surface area contributed by atoms with Crippen LogP contribution in [0.3, 0.4) is 0 Å². The molecule has 1 aromatic rings. The van der Waals surface area contributed by atoms with Gasteiger partial charge in [-0.1, -0.05) is 20.8 Å². The summed E-state index contributed by atoms with van der Waals surface area (Å²) in [4.78, 5) is 16.2. The molecule has 1 fully saturated rings. The molecule has 0 unspecified atom stereocenters. The van der Waals surface area contributed by atoms with Gasteiger partial charge in [0, 0.05) is 38.0 Å². The number of ether oxygens (including phenoxy) is 1. The molecule has 1 saturated heterocycles. The number of nitrogens with zero attached hydrogens (tertiary/aromatic N) is 2. The zero-order chi connectivity index (χ0) is 14.8. The quantitative estimate of drug-likeness (QED) is 0.917. The molecule has 0 aliphatic carbocycles. The summed E-state index contributed by atoms with van der Waals surface area (Å²) in [7, 11) is 0. The third-order valence-corrected chi connectivity index (χ3v) is 3.85. The first-order chi connectivity index (χ1) is 9.43. The lowest BCUT2D eigenvalue weighted by Gasteiger charge is -2.31. The first-order valence-corrected chi connectivity index (χ1v) is 7.34. The number of aryl methyl sites for hydroxylation is 1. The molecule has 2 heterocycles. The van der Waals surface area contributed by atoms with E-state index in [1.807, 2.05) is 6.92 Å². The monoisotopic (exact) mass is 279 g/mol. The van der Waals surface area contributed by atoms with E-state index in [0.29, 0.717) is 18.3 Å². The van der Waals surface area contributed by atoms with Gasteiger partial charge in [0.15, 0.2) is 5.82 Å². The van der Waals surface area contributed by atoms with Gasteiger partial charge in [0.05, 0.1) is 6.10 Å². The Morgan fingerprint density at radius 1 is 1.50 bits per heavy atom. The number of aromatic nitrogens is 2. The lowest BCUT2D eigenvalue weighted by atomic mass is 9.81. The molecule has 2 rings (SSSR count). The van der Waals surface area contributed by atoms with Gasteiger partial charge in [-0.3, -0.25) is 4.79 Å². The summed E-state index contributed by atoms with van der Waals surface area (Å²) < 4.78 is 7.50. The Morgan fingerprint density at radius 3 is 2.90 bits per heavy atom. The number of hydrogen-bond donors (Lipinski definition) is 1. The van der Waals surface area contributed by atoms with Crippen molar-refractivity contribution in [1.82, 2.24) is 9.55 Å². The number of anilines is 1. The average molecular weight is 279 g/mol. The molecule has 112 valence electrons. The summed E-state index contributed by atoms with van der Waals surface area (Å²) in [5.74, 6) is 0.861. The molecule has 0 radical (unpaired) electrons. The van der Waals surface area contributed by atoms with Crippen molar-refractivity contribution < 1.29 is 4.74 Å². The van der Waals surface area contributed by atoms with E-state index < -0.39 is 0 Å². The second-order valence-electron chi connectivity index (χ2n) is 6.45. The average Bonchev–Trinajstić information content (AvgIpc) is 2.86. The van der Waals surface area contributed by atoms with E-state index in [1.54, 1.807) is 17.0 Å². The smallest absolute Gasteiger partial charge is 0.293 e. The van der Waals surface area contributed by atoms with Crippen molar-refractivity contribution in [3.63, 3.8) is 0 Å². The Morgan fingerprint density at radius 2 is 2.25 bits per heavy atom. The number of hydrogen-bond acceptors (Lipinski definition) is 4. The second-order valence-corrected chi connectivity index (χ2v) is 6.45. The zero-order valence-corrected chi connectivity index (χ0v) is 12.8. The van der Waals surface area contributed by atoms with Crippen LogP contribution >= 0.6 is 0 Å². The highest BCUT2D eigenvalue weighted by atomic mass is 16.5. The van der Waals surface area contributed by atoms with Gasteiger partial charge in [0.25, 0.3) is 5.56 Å². The maximum Gasteiger partial charge on any atom is 0.293 e. The lowest BCUT2D eigenvalue weighted by Crippen LogP contribution is -2.35. The van der Waals surface area contributed by atoms with E-state index in [0.717, 1.165) is 19.6 Å². The Hall–Kier alpha value is -1.36. The first-order valence-electron chi connectivity index (χ1n) is 7.34. The van der Waals surface area contributed by atoms with Crippen molar-refractivity contribution in [2.45, 2.75) is 46.8 Å². The molecule has 1 N–H and O–H groups in total. The number of rotatable bonds is 4. The Bertz CT molecular complexity index is 505. The molecule has 5 nitrogen and oxygen atoms in total. The molecule has 0 spiro atoms. The molecule has 1 aliphatic rings. The van der Waals surface area contributed by atoms with Crippen molar-refractivity contribution in [2.24, 2.45) is 11.3 Å². The van der Waals surface area contributed by atoms with E-state index in [2.05, 4.69) is 31.1 Å². The minimum absolute atomic E-state index is 0.0544. The highest BCUT2D eigenvalue weighted by molar-refractivity contribution is 5.30. The van der Waals surface area contributed by atoms with Crippen LogP contribution in [0.1, 0.15) is 34.1 Å². The van der Waals surface area contributed by atoms with Crippen molar-refractivity contribution in [2.75, 3.05) is 18.5 Å². The van der Waals surface area contributed by atoms with Crippen LogP contribution in [0.4, 0.5) is 5.82 Å². The van der Waals surface area contributed by atoms with E-state index in [4.69, 9.17) is 4.74 Å². The van der Waals surface area contributed by atoms with Crippen LogP contribution in [0.15, 0.2) is 17.2 Å². The highest BCUT2D eigenvalue weighted by Crippen LogP contribution is 2.34. The van der Waals surface area contributed by atoms with Crippen LogP contribution in [0.25, 0.3) is 0 Å². The summed E-state index contributed by atoms with van der Waals surface area (Å²) in [5, 5.41) is 3.21. The predicted octanol–water partition coefficient (Wildman–Crippen LogP) is 2.13. The van der Waals surface area contributed by atoms with Crippen molar-refractivity contribution >= 4 is 5.82 Å². The predicted molar refractivity (Wildman–Crippen MR) is 80.0 cm³/mol. The first kappa shape index (κ1) is 15.0. The van der Waals surface area contributed by atoms with E-state index in [-0.39, 0.29) is 17.1 Å². The van der Waals surface area contributed by atoms with Crippen LogP contribution in [-0.4, -0.2) is 28.8 Å². The fourth-order valence-corrected chi connectivity index (χ4v) is 2.85. The van der Waals surface area contributed by atoms with Gasteiger partial charge in [0.1, 0.15) is 0 Å². The van der Waals surface area contributed by atoms with Gasteiger partial charge in [-0.2, -0.15) is 0 Å². The molecule has 0 saturated carbocycles. The number of nitrogens with one attached hydrogen (secondary N) is 1. The van der Waals surface area contributed by atoms with E-state index >= 15 is 0 Å². The lowest BCUT2D eigenvalue weighted by molar-refractivity contribution is 0.00955. The normalized spacial score (nSPS) is 23.0. The minimum Gasteiger partial charge on any atom is -0.377 e. The fourth-order valence-electron chi connectivity index (χ4n) is 2.85. The molecule has 0 amide bonds. The summed E-state index contributed by atoms with van der Waals surface area (Å²) in [6.07, 6.45) is 4.64. The third-order valence-electron chi connectivity index (χ3n) is 3.85. The van der Waals surface area contributed by atoms with Gasteiger partial charge < -0.3 is 14.6 Å². The SMILES string of the molecule is CCn1ccnc(NC[C@H]2CCO[C@@H]2C(C)(C)C)c1=O. The minimum atomic E-state index is -0.0544. The van der Waals surface area contributed by atoms with Crippen molar-refractivity contribution in [1.29, 1.82) is 0 Å². The second kappa shape index (κ2) is 5.95. The molecule has 0 aromatic carbocycles. The third kappa shape index (κ3) is 3.20.